The van der Waals surface area contributed by atoms with Gasteiger partial charge in [-0.05, 0) is 42.3 Å². The van der Waals surface area contributed by atoms with E-state index in [1.807, 2.05) is 0 Å². The van der Waals surface area contributed by atoms with Crippen LogP contribution in [0.5, 0.6) is 0 Å². The van der Waals surface area contributed by atoms with Gasteiger partial charge in [0, 0.05) is 23.7 Å². The number of benzene rings is 1. The van der Waals surface area contributed by atoms with Crippen molar-refractivity contribution >= 4 is 23.7 Å². The number of carbonyl (C=O) groups is 2. The Morgan fingerprint density at radius 1 is 1.24 bits per heavy atom. The number of rotatable bonds is 5. The van der Waals surface area contributed by atoms with E-state index in [2.05, 4.69) is 16.0 Å². The lowest BCUT2D eigenvalue weighted by Crippen LogP contribution is -2.42. The average Bonchev–Trinajstić information content (AvgIpc) is 3.14. The van der Waals surface area contributed by atoms with E-state index in [9.17, 15) is 14.0 Å². The summed E-state index contributed by atoms with van der Waals surface area (Å²) in [6, 6.07) is 7.26. The van der Waals surface area contributed by atoms with Gasteiger partial charge in [0.2, 0.25) is 0 Å². The Balaban J connectivity index is 1.44. The van der Waals surface area contributed by atoms with E-state index in [1.54, 1.807) is 30.0 Å². The van der Waals surface area contributed by atoms with Crippen molar-refractivity contribution < 1.29 is 18.4 Å². The first-order chi connectivity index (χ1) is 12.1. The molecule has 0 saturated heterocycles. The Labute approximate surface area is 148 Å². The van der Waals surface area contributed by atoms with Crippen LogP contribution in [-0.2, 0) is 0 Å². The summed E-state index contributed by atoms with van der Waals surface area (Å²) in [4.78, 5) is 24.7. The van der Waals surface area contributed by atoms with Crippen LogP contribution in [0.1, 0.15) is 28.6 Å². The van der Waals surface area contributed by atoms with E-state index in [1.165, 1.54) is 18.4 Å². The molecule has 0 bridgehead atoms. The van der Waals surface area contributed by atoms with Gasteiger partial charge in [0.05, 0.1) is 12.3 Å². The number of amides is 3. The zero-order valence-corrected chi connectivity index (χ0v) is 14.2. The minimum absolute atomic E-state index is 0.218. The molecule has 3 amide bonds. The highest BCUT2D eigenvalue weighted by atomic mass is 32.2. The van der Waals surface area contributed by atoms with Crippen LogP contribution >= 0.6 is 11.8 Å². The van der Waals surface area contributed by atoms with Crippen LogP contribution < -0.4 is 16.0 Å². The topological polar surface area (TPSA) is 83.4 Å². The van der Waals surface area contributed by atoms with Gasteiger partial charge < -0.3 is 20.4 Å². The third-order valence-electron chi connectivity index (χ3n) is 3.76. The van der Waals surface area contributed by atoms with Gasteiger partial charge in [-0.1, -0.05) is 0 Å². The van der Waals surface area contributed by atoms with Gasteiger partial charge in [-0.3, -0.25) is 4.79 Å². The molecule has 3 rings (SSSR count). The molecule has 25 heavy (non-hydrogen) atoms. The largest absolute Gasteiger partial charge is 0.459 e. The fourth-order valence-electron chi connectivity index (χ4n) is 2.57. The molecule has 0 aliphatic carbocycles. The van der Waals surface area contributed by atoms with Gasteiger partial charge in [0.1, 0.15) is 5.82 Å². The van der Waals surface area contributed by atoms with Crippen LogP contribution in [0, 0.1) is 5.82 Å². The van der Waals surface area contributed by atoms with Crippen LogP contribution in [0.3, 0.4) is 0 Å². The second-order valence-electron chi connectivity index (χ2n) is 5.51. The first-order valence-corrected chi connectivity index (χ1v) is 8.90. The van der Waals surface area contributed by atoms with Crippen molar-refractivity contribution in [2.45, 2.75) is 17.4 Å². The fraction of sp³-hybridized carbons (Fsp3) is 0.294. The van der Waals surface area contributed by atoms with Gasteiger partial charge >= 0.3 is 6.03 Å². The number of nitrogens with one attached hydrogen (secondary N) is 3. The van der Waals surface area contributed by atoms with Crippen molar-refractivity contribution in [2.75, 3.05) is 18.8 Å². The normalized spacial score (nSPS) is 16.0. The molecule has 1 aromatic carbocycles. The highest BCUT2D eigenvalue weighted by Gasteiger charge is 2.22. The molecule has 1 unspecified atom stereocenters. The van der Waals surface area contributed by atoms with E-state index in [0.29, 0.717) is 0 Å². The molecular formula is C17H18FN3O3S. The van der Waals surface area contributed by atoms with Crippen molar-refractivity contribution in [2.24, 2.45) is 0 Å². The van der Waals surface area contributed by atoms with Crippen molar-refractivity contribution in [3.63, 3.8) is 0 Å². The summed E-state index contributed by atoms with van der Waals surface area (Å²) in [5, 5.41) is 8.18. The predicted octanol–water partition coefficient (Wildman–Crippen LogP) is 2.68. The maximum Gasteiger partial charge on any atom is 0.315 e. The minimum atomic E-state index is -0.348. The van der Waals surface area contributed by atoms with Crippen LogP contribution in [0.15, 0.2) is 45.9 Å². The lowest BCUT2D eigenvalue weighted by molar-refractivity contribution is 0.0926. The van der Waals surface area contributed by atoms with Crippen LogP contribution in [-0.4, -0.2) is 30.8 Å². The fourth-order valence-corrected chi connectivity index (χ4v) is 3.68. The van der Waals surface area contributed by atoms with Crippen LogP contribution in [0.25, 0.3) is 0 Å². The lowest BCUT2D eigenvalue weighted by atomic mass is 10.0. The van der Waals surface area contributed by atoms with Gasteiger partial charge in [0.15, 0.2) is 5.76 Å². The highest BCUT2D eigenvalue weighted by Crippen LogP contribution is 2.36. The summed E-state index contributed by atoms with van der Waals surface area (Å²) < 4.78 is 18.4. The number of hydrogen-bond acceptors (Lipinski definition) is 4. The quantitative estimate of drug-likeness (QED) is 0.713. The minimum Gasteiger partial charge on any atom is -0.459 e. The van der Waals surface area contributed by atoms with Gasteiger partial charge in [0.25, 0.3) is 5.91 Å². The maximum absolute atomic E-state index is 13.5. The Bertz CT molecular complexity index is 752. The third-order valence-corrected chi connectivity index (χ3v) is 4.88. The molecule has 0 radical (unpaired) electrons. The first-order valence-electron chi connectivity index (χ1n) is 7.92. The summed E-state index contributed by atoms with van der Waals surface area (Å²) in [6.45, 7) is 0.550. The number of fused-ring (bicyclic) bond motifs is 1. The second kappa shape index (κ2) is 8.06. The van der Waals surface area contributed by atoms with E-state index >= 15 is 0 Å². The Hall–Kier alpha value is -2.48. The summed E-state index contributed by atoms with van der Waals surface area (Å²) in [7, 11) is 0. The zero-order chi connectivity index (χ0) is 17.6. The number of halogens is 1. The van der Waals surface area contributed by atoms with Crippen molar-refractivity contribution in [3.8, 4) is 0 Å². The van der Waals surface area contributed by atoms with Crippen molar-refractivity contribution in [1.82, 2.24) is 16.0 Å². The van der Waals surface area contributed by atoms with E-state index in [0.717, 1.165) is 22.6 Å². The lowest BCUT2D eigenvalue weighted by Gasteiger charge is -2.26. The standard InChI is InChI=1S/C17H18FN3O3S/c18-11-3-4-15-12(10-11)13(5-9-25-15)21-17(23)20-7-6-19-16(22)14-2-1-8-24-14/h1-4,8,10,13H,5-7,9H2,(H,19,22)(H2,20,21,23). The molecule has 0 fully saturated rings. The highest BCUT2D eigenvalue weighted by molar-refractivity contribution is 7.99. The predicted molar refractivity (Wildman–Crippen MR) is 92.1 cm³/mol. The monoisotopic (exact) mass is 363 g/mol. The summed E-state index contributed by atoms with van der Waals surface area (Å²) in [6.07, 6.45) is 2.16. The summed E-state index contributed by atoms with van der Waals surface area (Å²) >= 11 is 1.66. The van der Waals surface area contributed by atoms with E-state index < -0.39 is 0 Å². The number of hydrogen-bond donors (Lipinski definition) is 3. The second-order valence-corrected chi connectivity index (χ2v) is 6.64. The van der Waals surface area contributed by atoms with E-state index in [-0.39, 0.29) is 42.6 Å². The molecule has 2 aromatic rings. The van der Waals surface area contributed by atoms with Crippen molar-refractivity contribution in [1.29, 1.82) is 0 Å². The maximum atomic E-state index is 13.5. The molecule has 1 atom stereocenters. The summed E-state index contributed by atoms with van der Waals surface area (Å²) in [5.41, 5.74) is 0.803. The Kier molecular flexibility index (Phi) is 5.60. The average molecular weight is 363 g/mol. The van der Waals surface area contributed by atoms with Crippen LogP contribution in [0.2, 0.25) is 0 Å². The molecule has 3 N–H and O–H groups in total. The number of furan rings is 1. The smallest absolute Gasteiger partial charge is 0.315 e. The number of thioether (sulfide) groups is 1. The van der Waals surface area contributed by atoms with Gasteiger partial charge in [-0.15, -0.1) is 11.8 Å². The van der Waals surface area contributed by atoms with Gasteiger partial charge in [-0.25, -0.2) is 9.18 Å². The molecule has 0 saturated carbocycles. The van der Waals surface area contributed by atoms with Gasteiger partial charge in [-0.2, -0.15) is 0 Å². The molecule has 1 aliphatic rings. The number of urea groups is 1. The number of carbonyl (C=O) groups excluding carboxylic acids is 2. The van der Waals surface area contributed by atoms with E-state index in [4.69, 9.17) is 4.42 Å². The zero-order valence-electron chi connectivity index (χ0n) is 13.4. The Morgan fingerprint density at radius 3 is 2.88 bits per heavy atom. The third kappa shape index (κ3) is 4.54. The summed E-state index contributed by atoms with van der Waals surface area (Å²) in [5.74, 6) is 0.445. The SMILES string of the molecule is O=C(NCCNC(=O)c1ccco1)NC1CCSc2ccc(F)cc21. The van der Waals surface area contributed by atoms with Crippen LogP contribution in [0.4, 0.5) is 9.18 Å². The molecule has 1 aromatic heterocycles. The molecule has 2 heterocycles. The molecule has 6 nitrogen and oxygen atoms in total. The molecule has 1 aliphatic heterocycles. The Morgan fingerprint density at radius 2 is 2.08 bits per heavy atom. The molecular weight excluding hydrogens is 345 g/mol. The molecule has 8 heteroatoms. The first kappa shape index (κ1) is 17.3. The van der Waals surface area contributed by atoms with Crippen molar-refractivity contribution in [3.05, 3.63) is 53.7 Å². The molecule has 132 valence electrons. The molecule has 0 spiro atoms.